The van der Waals surface area contributed by atoms with E-state index in [-0.39, 0.29) is 0 Å². The minimum absolute atomic E-state index is 1.27. The molecule has 0 unspecified atom stereocenters. The Bertz CT molecular complexity index is 693. The Balaban J connectivity index is 2.63. The van der Waals surface area contributed by atoms with Crippen LogP contribution in [0.2, 0.25) is 0 Å². The first-order valence-corrected chi connectivity index (χ1v) is 5.52. The minimum atomic E-state index is 1.27. The predicted octanol–water partition coefficient (Wildman–Crippen LogP) is 2.46. The van der Waals surface area contributed by atoms with Crippen molar-refractivity contribution in [1.82, 2.24) is 4.57 Å². The molecule has 0 radical (unpaired) electrons. The Morgan fingerprint density at radius 3 is 2.81 bits per heavy atom. The second-order valence-corrected chi connectivity index (χ2v) is 4.40. The quantitative estimate of drug-likeness (QED) is 0.505. The van der Waals surface area contributed by atoms with E-state index in [0.717, 1.165) is 0 Å². The van der Waals surface area contributed by atoms with Gasteiger partial charge >= 0.3 is 0 Å². The molecule has 1 aromatic carbocycles. The molecule has 0 fully saturated rings. The van der Waals surface area contributed by atoms with E-state index in [1.165, 1.54) is 27.5 Å². The molecule has 0 aliphatic carbocycles. The van der Waals surface area contributed by atoms with Crippen molar-refractivity contribution in [2.45, 2.75) is 6.92 Å². The van der Waals surface area contributed by atoms with E-state index >= 15 is 0 Å². The Labute approximate surface area is 94.7 Å². The summed E-state index contributed by atoms with van der Waals surface area (Å²) in [6.45, 7) is 2.15. The van der Waals surface area contributed by atoms with Gasteiger partial charge in [-0.15, -0.1) is 0 Å². The molecule has 2 heteroatoms. The number of fused-ring (bicyclic) bond motifs is 3. The zero-order valence-electron chi connectivity index (χ0n) is 9.86. The average molecular weight is 211 g/mol. The van der Waals surface area contributed by atoms with Crippen molar-refractivity contribution in [2.75, 3.05) is 0 Å². The van der Waals surface area contributed by atoms with E-state index in [1.54, 1.807) is 0 Å². The lowest BCUT2D eigenvalue weighted by Crippen LogP contribution is -2.27. The Hall–Kier alpha value is -1.83. The van der Waals surface area contributed by atoms with Crippen LogP contribution in [0.15, 0.2) is 36.5 Å². The molecule has 3 rings (SSSR count). The highest BCUT2D eigenvalue weighted by Gasteiger charge is 2.11. The first-order chi connectivity index (χ1) is 7.68. The first-order valence-electron chi connectivity index (χ1n) is 5.52. The van der Waals surface area contributed by atoms with Gasteiger partial charge in [-0.1, -0.05) is 0 Å². The van der Waals surface area contributed by atoms with Crippen molar-refractivity contribution < 1.29 is 4.57 Å². The molecule has 0 bridgehead atoms. The summed E-state index contributed by atoms with van der Waals surface area (Å²) in [5, 5.41) is 2.64. The van der Waals surface area contributed by atoms with Gasteiger partial charge in [0.2, 0.25) is 5.52 Å². The molecule has 2 nitrogen and oxygen atoms in total. The molecular formula is C14H15N2+. The number of benzene rings is 1. The summed E-state index contributed by atoms with van der Waals surface area (Å²) in [7, 11) is 4.22. The number of hydrogen-bond acceptors (Lipinski definition) is 0. The number of rotatable bonds is 0. The van der Waals surface area contributed by atoms with Gasteiger partial charge < -0.3 is 4.57 Å². The molecule has 3 aromatic rings. The van der Waals surface area contributed by atoms with Crippen LogP contribution >= 0.6 is 0 Å². The first kappa shape index (κ1) is 9.40. The lowest BCUT2D eigenvalue weighted by molar-refractivity contribution is -0.644. The van der Waals surface area contributed by atoms with Crippen molar-refractivity contribution in [3.8, 4) is 0 Å². The van der Waals surface area contributed by atoms with E-state index in [2.05, 4.69) is 66.7 Å². The SMILES string of the molecule is Cc1cc2ccc3c(ccc[n+]3C)c2n1C. The molecule has 2 aromatic heterocycles. The van der Waals surface area contributed by atoms with Gasteiger partial charge in [0.25, 0.3) is 0 Å². The maximum atomic E-state index is 2.26. The molecule has 0 aliphatic heterocycles. The van der Waals surface area contributed by atoms with Crippen LogP contribution in [0.5, 0.6) is 0 Å². The largest absolute Gasteiger partial charge is 0.347 e. The molecular weight excluding hydrogens is 196 g/mol. The summed E-state index contributed by atoms with van der Waals surface area (Å²) >= 11 is 0. The molecule has 0 aliphatic rings. The fourth-order valence-corrected chi connectivity index (χ4v) is 2.42. The van der Waals surface area contributed by atoms with E-state index in [9.17, 15) is 0 Å². The van der Waals surface area contributed by atoms with Gasteiger partial charge in [0.05, 0.1) is 10.9 Å². The van der Waals surface area contributed by atoms with Crippen LogP contribution in [-0.4, -0.2) is 4.57 Å². The summed E-state index contributed by atoms with van der Waals surface area (Å²) in [4.78, 5) is 0. The van der Waals surface area contributed by atoms with Crippen molar-refractivity contribution >= 4 is 21.8 Å². The van der Waals surface area contributed by atoms with Crippen LogP contribution in [0.1, 0.15) is 5.69 Å². The smallest absolute Gasteiger partial charge is 0.214 e. The Morgan fingerprint density at radius 2 is 2.00 bits per heavy atom. The van der Waals surface area contributed by atoms with Crippen LogP contribution in [-0.2, 0) is 14.1 Å². The number of nitrogens with zero attached hydrogens (tertiary/aromatic N) is 2. The monoisotopic (exact) mass is 211 g/mol. The van der Waals surface area contributed by atoms with Crippen molar-refractivity contribution in [1.29, 1.82) is 0 Å². The number of pyridine rings is 1. The van der Waals surface area contributed by atoms with Gasteiger partial charge in [-0.2, -0.15) is 0 Å². The fraction of sp³-hybridized carbons (Fsp3) is 0.214. The van der Waals surface area contributed by atoms with E-state index in [0.29, 0.717) is 0 Å². The maximum absolute atomic E-state index is 2.26. The van der Waals surface area contributed by atoms with Gasteiger partial charge in [0.15, 0.2) is 6.20 Å². The summed E-state index contributed by atoms with van der Waals surface area (Å²) in [5.41, 5.74) is 3.90. The summed E-state index contributed by atoms with van der Waals surface area (Å²) in [5.74, 6) is 0. The lowest BCUT2D eigenvalue weighted by Gasteiger charge is -2.02. The highest BCUT2D eigenvalue weighted by atomic mass is 15.0. The van der Waals surface area contributed by atoms with Gasteiger partial charge in [-0.3, -0.25) is 0 Å². The maximum Gasteiger partial charge on any atom is 0.214 e. The van der Waals surface area contributed by atoms with Gasteiger partial charge in [-0.05, 0) is 25.1 Å². The number of aromatic nitrogens is 2. The van der Waals surface area contributed by atoms with E-state index in [4.69, 9.17) is 0 Å². The highest BCUT2D eigenvalue weighted by Crippen LogP contribution is 2.25. The summed E-state index contributed by atoms with van der Waals surface area (Å²) < 4.78 is 4.43. The molecule has 0 saturated heterocycles. The van der Waals surface area contributed by atoms with E-state index in [1.807, 2.05) is 0 Å². The van der Waals surface area contributed by atoms with E-state index < -0.39 is 0 Å². The highest BCUT2D eigenvalue weighted by molar-refractivity contribution is 6.03. The second kappa shape index (κ2) is 3.08. The van der Waals surface area contributed by atoms with Crippen molar-refractivity contribution in [2.24, 2.45) is 14.1 Å². The van der Waals surface area contributed by atoms with Crippen LogP contribution in [0, 0.1) is 6.92 Å². The molecule has 2 heterocycles. The minimum Gasteiger partial charge on any atom is -0.347 e. The molecule has 16 heavy (non-hydrogen) atoms. The zero-order valence-corrected chi connectivity index (χ0v) is 9.86. The van der Waals surface area contributed by atoms with Crippen LogP contribution in [0.4, 0.5) is 0 Å². The third-order valence-electron chi connectivity index (χ3n) is 3.41. The van der Waals surface area contributed by atoms with Gasteiger partial charge in [-0.25, -0.2) is 4.57 Å². The normalized spacial score (nSPS) is 11.4. The standard InChI is InChI=1S/C14H15N2/c1-10-9-11-6-7-13-12(14(11)16(10)3)5-4-8-15(13)2/h4-9H,1-3H3/q+1. The molecule has 0 atom stereocenters. The number of aryl methyl sites for hydroxylation is 3. The van der Waals surface area contributed by atoms with Gasteiger partial charge in [0.1, 0.15) is 7.05 Å². The Morgan fingerprint density at radius 1 is 1.19 bits per heavy atom. The van der Waals surface area contributed by atoms with Crippen LogP contribution < -0.4 is 4.57 Å². The summed E-state index contributed by atoms with van der Waals surface area (Å²) in [6.07, 6.45) is 2.09. The molecule has 80 valence electrons. The molecule has 0 spiro atoms. The molecule has 0 N–H and O–H groups in total. The average Bonchev–Trinajstić information content (AvgIpc) is 2.56. The zero-order chi connectivity index (χ0) is 11.3. The second-order valence-electron chi connectivity index (χ2n) is 4.40. The topological polar surface area (TPSA) is 8.81 Å². The summed E-state index contributed by atoms with van der Waals surface area (Å²) in [6, 6.07) is 10.9. The van der Waals surface area contributed by atoms with Crippen molar-refractivity contribution in [3.63, 3.8) is 0 Å². The third-order valence-corrected chi connectivity index (χ3v) is 3.41. The van der Waals surface area contributed by atoms with Crippen LogP contribution in [0.25, 0.3) is 21.8 Å². The molecule has 0 saturated carbocycles. The Kier molecular flexibility index (Phi) is 1.81. The number of hydrogen-bond donors (Lipinski definition) is 0. The van der Waals surface area contributed by atoms with Crippen molar-refractivity contribution in [3.05, 3.63) is 42.2 Å². The lowest BCUT2D eigenvalue weighted by atomic mass is 10.1. The third kappa shape index (κ3) is 1.10. The van der Waals surface area contributed by atoms with Gasteiger partial charge in [0, 0.05) is 30.3 Å². The van der Waals surface area contributed by atoms with Crippen LogP contribution in [0.3, 0.4) is 0 Å². The fourth-order valence-electron chi connectivity index (χ4n) is 2.42. The molecule has 0 amide bonds. The predicted molar refractivity (Wildman–Crippen MR) is 66.3 cm³/mol.